The number of fused-ring (bicyclic) bond motifs is 1. The Morgan fingerprint density at radius 2 is 1.75 bits per heavy atom. The van der Waals surface area contributed by atoms with Gasteiger partial charge in [-0.15, -0.1) is 0 Å². The quantitative estimate of drug-likeness (QED) is 0.370. The maximum atomic E-state index is 13.0. The normalized spacial score (nSPS) is 25.6. The molecule has 3 aromatic rings. The van der Waals surface area contributed by atoms with E-state index in [0.717, 1.165) is 6.07 Å². The minimum atomic E-state index is -1.71. The molecule has 0 saturated carbocycles. The lowest BCUT2D eigenvalue weighted by atomic mass is 9.99. The van der Waals surface area contributed by atoms with Gasteiger partial charge in [0.1, 0.15) is 41.3 Å². The monoisotopic (exact) mass is 446 g/mol. The maximum Gasteiger partial charge on any atom is 0.229 e. The second kappa shape index (κ2) is 8.77. The van der Waals surface area contributed by atoms with E-state index in [2.05, 4.69) is 0 Å². The molecule has 10 heteroatoms. The summed E-state index contributed by atoms with van der Waals surface area (Å²) >= 11 is 0. The van der Waals surface area contributed by atoms with Crippen molar-refractivity contribution in [1.82, 2.24) is 0 Å². The molecule has 1 aliphatic heterocycles. The highest BCUT2D eigenvalue weighted by Crippen LogP contribution is 2.41. The Kier molecular flexibility index (Phi) is 6.04. The fourth-order valence-corrected chi connectivity index (χ4v) is 3.59. The molecule has 5 N–H and O–H groups in total. The molecule has 2 heterocycles. The van der Waals surface area contributed by atoms with Gasteiger partial charge >= 0.3 is 0 Å². The minimum absolute atomic E-state index is 0.0987. The van der Waals surface area contributed by atoms with Crippen molar-refractivity contribution in [1.29, 1.82) is 0 Å². The van der Waals surface area contributed by atoms with E-state index in [9.17, 15) is 30.3 Å². The molecule has 0 spiro atoms. The number of methoxy groups -OCH3 is 1. The summed E-state index contributed by atoms with van der Waals surface area (Å²) in [7, 11) is 1.29. The molecule has 1 fully saturated rings. The predicted molar refractivity (Wildman–Crippen MR) is 111 cm³/mol. The van der Waals surface area contributed by atoms with Gasteiger partial charge in [-0.3, -0.25) is 4.79 Å². The van der Waals surface area contributed by atoms with Crippen molar-refractivity contribution in [3.05, 3.63) is 52.7 Å². The first kappa shape index (κ1) is 22.1. The lowest BCUT2D eigenvalue weighted by Gasteiger charge is -2.39. The zero-order chi connectivity index (χ0) is 23.0. The van der Waals surface area contributed by atoms with Crippen LogP contribution in [0.2, 0.25) is 0 Å². The average Bonchev–Trinajstić information content (AvgIpc) is 2.79. The van der Waals surface area contributed by atoms with Gasteiger partial charge in [0.2, 0.25) is 12.0 Å². The number of hydrogen-bond donors (Lipinski definition) is 5. The molecule has 0 radical (unpaired) electrons. The molecule has 0 aliphatic carbocycles. The van der Waals surface area contributed by atoms with E-state index in [1.807, 2.05) is 6.07 Å². The third-order valence-corrected chi connectivity index (χ3v) is 5.25. The Labute approximate surface area is 181 Å². The van der Waals surface area contributed by atoms with Crippen LogP contribution in [0.5, 0.6) is 17.2 Å². The molecule has 2 aromatic carbocycles. The van der Waals surface area contributed by atoms with Crippen LogP contribution in [0.15, 0.2) is 51.7 Å². The first-order valence-electron chi connectivity index (χ1n) is 9.76. The van der Waals surface area contributed by atoms with Gasteiger partial charge in [-0.1, -0.05) is 30.3 Å². The summed E-state index contributed by atoms with van der Waals surface area (Å²) in [6, 6.07) is 11.2. The van der Waals surface area contributed by atoms with Gasteiger partial charge < -0.3 is 44.2 Å². The second-order valence-electron chi connectivity index (χ2n) is 7.29. The topological polar surface area (TPSA) is 159 Å². The lowest BCUT2D eigenvalue weighted by molar-refractivity contribution is -0.277. The summed E-state index contributed by atoms with van der Waals surface area (Å²) in [5.74, 6) is -0.495. The third kappa shape index (κ3) is 3.78. The maximum absolute atomic E-state index is 13.0. The summed E-state index contributed by atoms with van der Waals surface area (Å²) < 4.78 is 22.0. The number of aromatic hydroxyl groups is 1. The smallest absolute Gasteiger partial charge is 0.229 e. The Morgan fingerprint density at radius 3 is 2.41 bits per heavy atom. The van der Waals surface area contributed by atoms with Gasteiger partial charge in [-0.05, 0) is 0 Å². The van der Waals surface area contributed by atoms with Gasteiger partial charge in [0.05, 0.1) is 13.7 Å². The zero-order valence-corrected chi connectivity index (χ0v) is 16.9. The van der Waals surface area contributed by atoms with E-state index in [0.29, 0.717) is 5.56 Å². The fraction of sp³-hybridized carbons (Fsp3) is 0.318. The number of aliphatic hydroxyl groups excluding tert-OH is 4. The summed E-state index contributed by atoms with van der Waals surface area (Å²) in [6.45, 7) is -0.651. The van der Waals surface area contributed by atoms with Crippen LogP contribution in [0, 0.1) is 0 Å². The van der Waals surface area contributed by atoms with E-state index >= 15 is 0 Å². The summed E-state index contributed by atoms with van der Waals surface area (Å²) in [5, 5.41) is 49.9. The van der Waals surface area contributed by atoms with Crippen molar-refractivity contribution in [3.8, 4) is 28.6 Å². The lowest BCUT2D eigenvalue weighted by Crippen LogP contribution is -2.60. The number of aliphatic hydroxyl groups is 4. The van der Waals surface area contributed by atoms with Crippen molar-refractivity contribution in [2.75, 3.05) is 13.7 Å². The van der Waals surface area contributed by atoms with Crippen LogP contribution in [0.4, 0.5) is 0 Å². The first-order valence-corrected chi connectivity index (χ1v) is 9.76. The highest BCUT2D eigenvalue weighted by molar-refractivity contribution is 5.92. The number of benzene rings is 2. The van der Waals surface area contributed by atoms with E-state index in [-0.39, 0.29) is 28.2 Å². The Bertz CT molecular complexity index is 1160. The van der Waals surface area contributed by atoms with Gasteiger partial charge in [-0.25, -0.2) is 0 Å². The molecule has 10 nitrogen and oxygen atoms in total. The van der Waals surface area contributed by atoms with E-state index in [1.54, 1.807) is 24.3 Å². The van der Waals surface area contributed by atoms with Crippen LogP contribution < -0.4 is 14.9 Å². The number of phenols is 1. The summed E-state index contributed by atoms with van der Waals surface area (Å²) in [6.07, 6.45) is -7.73. The van der Waals surface area contributed by atoms with Crippen molar-refractivity contribution in [2.24, 2.45) is 0 Å². The molecular formula is C22H22O10. The standard InChI is InChI=1S/C22H22O10/c1-29-20-12(25)8-14(31-22-19(28)18(27)17(26)15(9-23)32-22)16-11(24)7-13(30-21(16)20)10-5-3-2-4-6-10/h2-8,15,17-19,22-23,25-28H,9H2,1H3/t15?,17-,18+,19?,22-/m1/s1. The molecule has 1 saturated heterocycles. The van der Waals surface area contributed by atoms with E-state index in [4.69, 9.17) is 18.6 Å². The molecular weight excluding hydrogens is 424 g/mol. The Hall–Kier alpha value is -3.15. The second-order valence-corrected chi connectivity index (χ2v) is 7.29. The molecule has 0 amide bonds. The number of ether oxygens (including phenoxy) is 3. The van der Waals surface area contributed by atoms with Gasteiger partial charge in [0, 0.05) is 17.7 Å². The highest BCUT2D eigenvalue weighted by atomic mass is 16.7. The van der Waals surface area contributed by atoms with Gasteiger partial charge in [0.25, 0.3) is 0 Å². The number of hydrogen-bond acceptors (Lipinski definition) is 10. The molecule has 2 unspecified atom stereocenters. The van der Waals surface area contributed by atoms with E-state index in [1.165, 1.54) is 13.2 Å². The highest BCUT2D eigenvalue weighted by Gasteiger charge is 2.45. The van der Waals surface area contributed by atoms with E-state index < -0.39 is 48.5 Å². The predicted octanol–water partition coefficient (Wildman–Crippen LogP) is 0.353. The SMILES string of the molecule is COc1c(O)cc(O[C@@H]2OC(CO)[C@@H](O)[C@H](O)C2O)c2c(=O)cc(-c3ccccc3)oc12. The first-order chi connectivity index (χ1) is 15.3. The fourth-order valence-electron chi connectivity index (χ4n) is 3.59. The van der Waals surface area contributed by atoms with Crippen molar-refractivity contribution in [2.45, 2.75) is 30.7 Å². The van der Waals surface area contributed by atoms with Crippen LogP contribution in [0.25, 0.3) is 22.3 Å². The van der Waals surface area contributed by atoms with Gasteiger partial charge in [-0.2, -0.15) is 0 Å². The molecule has 4 rings (SSSR count). The Morgan fingerprint density at radius 1 is 1.03 bits per heavy atom. The van der Waals surface area contributed by atoms with Crippen LogP contribution in [0.1, 0.15) is 0 Å². The van der Waals surface area contributed by atoms with Crippen molar-refractivity contribution in [3.63, 3.8) is 0 Å². The summed E-state index contributed by atoms with van der Waals surface area (Å²) in [4.78, 5) is 13.0. The van der Waals surface area contributed by atoms with Crippen LogP contribution in [-0.2, 0) is 4.74 Å². The zero-order valence-electron chi connectivity index (χ0n) is 16.9. The molecule has 170 valence electrons. The average molecular weight is 446 g/mol. The van der Waals surface area contributed by atoms with Crippen molar-refractivity contribution < 1.29 is 44.2 Å². The van der Waals surface area contributed by atoms with Crippen molar-refractivity contribution >= 4 is 11.0 Å². The number of rotatable bonds is 5. The molecule has 1 aromatic heterocycles. The largest absolute Gasteiger partial charge is 0.504 e. The minimum Gasteiger partial charge on any atom is -0.504 e. The van der Waals surface area contributed by atoms with Crippen LogP contribution in [-0.4, -0.2) is 70.0 Å². The number of phenolic OH excluding ortho intramolecular Hbond substituents is 1. The molecule has 32 heavy (non-hydrogen) atoms. The molecule has 1 aliphatic rings. The van der Waals surface area contributed by atoms with Crippen LogP contribution >= 0.6 is 0 Å². The Balaban J connectivity index is 1.83. The third-order valence-electron chi connectivity index (χ3n) is 5.25. The van der Waals surface area contributed by atoms with Crippen LogP contribution in [0.3, 0.4) is 0 Å². The molecule has 0 bridgehead atoms. The summed E-state index contributed by atoms with van der Waals surface area (Å²) in [5.41, 5.74) is -0.00487. The molecule has 5 atom stereocenters. The van der Waals surface area contributed by atoms with Gasteiger partial charge in [0.15, 0.2) is 16.8 Å².